The van der Waals surface area contributed by atoms with Crippen LogP contribution in [0.1, 0.15) is 86.0 Å². The number of hydrogen-bond donors (Lipinski definition) is 1. The summed E-state index contributed by atoms with van der Waals surface area (Å²) in [6.45, 7) is 15.5. The molecule has 3 aromatic carbocycles. The third-order valence-electron chi connectivity index (χ3n) is 6.31. The molecule has 1 N–H and O–H groups in total. The summed E-state index contributed by atoms with van der Waals surface area (Å²) in [7, 11) is 0. The Hall–Kier alpha value is -4.45. The molecule has 1 aromatic heterocycles. The van der Waals surface area contributed by atoms with E-state index in [4.69, 9.17) is 0 Å². The van der Waals surface area contributed by atoms with Gasteiger partial charge in [0.25, 0.3) is 5.91 Å². The van der Waals surface area contributed by atoms with Crippen LogP contribution in [0.2, 0.25) is 0 Å². The molecule has 45 heavy (non-hydrogen) atoms. The van der Waals surface area contributed by atoms with E-state index >= 15 is 0 Å². The average Bonchev–Trinajstić information content (AvgIpc) is 3.06. The molecule has 0 radical (unpaired) electrons. The highest BCUT2D eigenvalue weighted by molar-refractivity contribution is 5.94. The Balaban J connectivity index is 0.000000432. The van der Waals surface area contributed by atoms with Crippen molar-refractivity contribution in [3.8, 4) is 0 Å². The fraction of sp³-hybridized carbons (Fsp3) is 0.282. The maximum Gasteiger partial charge on any atom is 0.415 e. The summed E-state index contributed by atoms with van der Waals surface area (Å²) in [5, 5.41) is 3.05. The second-order valence-corrected chi connectivity index (χ2v) is 10.1. The minimum atomic E-state index is -4.37. The Bertz CT molecular complexity index is 1360. The molecule has 0 aliphatic rings. The van der Waals surface area contributed by atoms with Crippen LogP contribution in [0.3, 0.4) is 0 Å². The van der Waals surface area contributed by atoms with Gasteiger partial charge in [0, 0.05) is 36.0 Å². The van der Waals surface area contributed by atoms with E-state index < -0.39 is 11.7 Å². The van der Waals surface area contributed by atoms with Crippen LogP contribution in [0, 0.1) is 6.92 Å². The van der Waals surface area contributed by atoms with Crippen LogP contribution in [-0.2, 0) is 0 Å². The fourth-order valence-electron chi connectivity index (χ4n) is 4.06. The number of benzene rings is 3. The monoisotopic (exact) mass is 616 g/mol. The third-order valence-corrected chi connectivity index (χ3v) is 6.31. The molecule has 240 valence electrons. The number of allylic oxidation sites excluding steroid dienone is 3. The number of amides is 1. The first-order valence-corrected chi connectivity index (χ1v) is 15.4. The molecule has 6 heteroatoms. The SMILES string of the molecule is C=C(/C=C(\C)c1cccnc1)C(F)(F)F.CC.CCC.Cc1ccc(C(=O)NCCC(c2ccccc2)c2ccccc2)cc1. The number of hydrogen-bond acceptors (Lipinski definition) is 2. The maximum atomic E-state index is 12.3. The van der Waals surface area contributed by atoms with E-state index in [0.717, 1.165) is 18.1 Å². The molecule has 0 aliphatic heterocycles. The zero-order valence-electron chi connectivity index (χ0n) is 27.4. The largest absolute Gasteiger partial charge is 0.415 e. The first-order valence-electron chi connectivity index (χ1n) is 15.4. The molecule has 0 bridgehead atoms. The molecule has 0 fully saturated rings. The predicted octanol–water partition coefficient (Wildman–Crippen LogP) is 11.0. The van der Waals surface area contributed by atoms with Crippen LogP contribution in [-0.4, -0.2) is 23.6 Å². The minimum Gasteiger partial charge on any atom is -0.352 e. The number of aromatic nitrogens is 1. The standard InChI is InChI=1S/C23H23NO.C11H10F3N.C3H8.C2H6/c1-18-12-14-21(15-13-18)23(25)24-17-16-22(19-8-4-2-5-9-19)20-10-6-3-7-11-20;1-8(6-9(2)11(12,13)14)10-4-3-5-15-7-10;1-3-2;1-2/h2-15,22H,16-17H2,1H3,(H,24,25);3-7H,2H2,1H3;3H2,1-2H3;1-2H3/b;8-6+;;. The van der Waals surface area contributed by atoms with Crippen molar-refractivity contribution in [3.05, 3.63) is 156 Å². The number of pyridine rings is 1. The number of alkyl halides is 3. The van der Waals surface area contributed by atoms with E-state index in [0.29, 0.717) is 23.2 Å². The quantitative estimate of drug-likeness (QED) is 0.200. The Morgan fingerprint density at radius 2 is 1.36 bits per heavy atom. The Morgan fingerprint density at radius 1 is 0.844 bits per heavy atom. The Labute approximate surface area is 268 Å². The summed E-state index contributed by atoms with van der Waals surface area (Å²) in [5.41, 5.74) is 4.71. The molecule has 0 atom stereocenters. The normalized spacial score (nSPS) is 10.7. The van der Waals surface area contributed by atoms with E-state index in [1.54, 1.807) is 25.3 Å². The molecule has 3 nitrogen and oxygen atoms in total. The molecule has 0 aliphatic carbocycles. The summed E-state index contributed by atoms with van der Waals surface area (Å²) in [5.74, 6) is 0.264. The lowest BCUT2D eigenvalue weighted by Gasteiger charge is -2.18. The van der Waals surface area contributed by atoms with Crippen molar-refractivity contribution in [1.29, 1.82) is 0 Å². The number of halogens is 3. The zero-order valence-corrected chi connectivity index (χ0v) is 27.4. The van der Waals surface area contributed by atoms with Crippen LogP contribution >= 0.6 is 0 Å². The van der Waals surface area contributed by atoms with Crippen molar-refractivity contribution in [2.75, 3.05) is 6.54 Å². The third kappa shape index (κ3) is 14.7. The zero-order chi connectivity index (χ0) is 33.7. The topological polar surface area (TPSA) is 42.0 Å². The number of carbonyl (C=O) groups is 1. The van der Waals surface area contributed by atoms with Gasteiger partial charge in [-0.05, 0) is 66.8 Å². The maximum absolute atomic E-state index is 12.3. The van der Waals surface area contributed by atoms with E-state index in [-0.39, 0.29) is 11.8 Å². The molecule has 4 aromatic rings. The smallest absolute Gasteiger partial charge is 0.352 e. The average molecular weight is 617 g/mol. The van der Waals surface area contributed by atoms with Crippen LogP contribution in [0.15, 0.2) is 128 Å². The van der Waals surface area contributed by atoms with Crippen molar-refractivity contribution in [2.45, 2.75) is 66.5 Å². The van der Waals surface area contributed by atoms with Gasteiger partial charge in [-0.2, -0.15) is 13.2 Å². The molecule has 1 amide bonds. The number of nitrogens with one attached hydrogen (secondary N) is 1. The highest BCUT2D eigenvalue weighted by Crippen LogP contribution is 2.28. The van der Waals surface area contributed by atoms with Crippen LogP contribution in [0.5, 0.6) is 0 Å². The molecular weight excluding hydrogens is 569 g/mol. The molecule has 0 unspecified atom stereocenters. The van der Waals surface area contributed by atoms with Gasteiger partial charge in [0.2, 0.25) is 0 Å². The number of aryl methyl sites for hydroxylation is 1. The minimum absolute atomic E-state index is 0.0140. The van der Waals surface area contributed by atoms with Gasteiger partial charge in [-0.3, -0.25) is 9.78 Å². The number of carbonyl (C=O) groups excluding carboxylic acids is 1. The second kappa shape index (κ2) is 21.3. The second-order valence-electron chi connectivity index (χ2n) is 10.1. The van der Waals surface area contributed by atoms with Gasteiger partial charge in [0.1, 0.15) is 0 Å². The molecule has 1 heterocycles. The van der Waals surface area contributed by atoms with Crippen molar-refractivity contribution in [2.24, 2.45) is 0 Å². The predicted molar refractivity (Wildman–Crippen MR) is 183 cm³/mol. The van der Waals surface area contributed by atoms with Crippen molar-refractivity contribution in [3.63, 3.8) is 0 Å². The van der Waals surface area contributed by atoms with E-state index in [1.807, 2.05) is 57.2 Å². The van der Waals surface area contributed by atoms with Gasteiger partial charge in [0.05, 0.1) is 0 Å². The highest BCUT2D eigenvalue weighted by Gasteiger charge is 2.30. The van der Waals surface area contributed by atoms with Crippen LogP contribution in [0.4, 0.5) is 13.2 Å². The summed E-state index contributed by atoms with van der Waals surface area (Å²) >= 11 is 0. The fourth-order valence-corrected chi connectivity index (χ4v) is 4.06. The van der Waals surface area contributed by atoms with Crippen molar-refractivity contribution >= 4 is 11.5 Å². The lowest BCUT2D eigenvalue weighted by atomic mass is 9.88. The van der Waals surface area contributed by atoms with Crippen molar-refractivity contribution in [1.82, 2.24) is 10.3 Å². The Kier molecular flexibility index (Phi) is 18.2. The molecule has 0 saturated carbocycles. The highest BCUT2D eigenvalue weighted by atomic mass is 19.4. The number of rotatable bonds is 8. The van der Waals surface area contributed by atoms with E-state index in [2.05, 4.69) is 79.3 Å². The summed E-state index contributed by atoms with van der Waals surface area (Å²) in [4.78, 5) is 16.1. The molecular formula is C39H47F3N2O. The molecule has 0 saturated heterocycles. The van der Waals surface area contributed by atoms with Gasteiger partial charge in [-0.1, -0.05) is 125 Å². The van der Waals surface area contributed by atoms with E-state index in [1.165, 1.54) is 23.7 Å². The van der Waals surface area contributed by atoms with Crippen LogP contribution < -0.4 is 5.32 Å². The Morgan fingerprint density at radius 3 is 1.80 bits per heavy atom. The van der Waals surface area contributed by atoms with Gasteiger partial charge < -0.3 is 5.32 Å². The first kappa shape index (κ1) is 38.6. The van der Waals surface area contributed by atoms with E-state index in [9.17, 15) is 18.0 Å². The van der Waals surface area contributed by atoms with Gasteiger partial charge in [-0.15, -0.1) is 0 Å². The molecule has 0 spiro atoms. The summed E-state index contributed by atoms with van der Waals surface area (Å²) < 4.78 is 36.5. The molecule has 4 rings (SSSR count). The van der Waals surface area contributed by atoms with Crippen LogP contribution in [0.25, 0.3) is 5.57 Å². The summed E-state index contributed by atoms with van der Waals surface area (Å²) in [6, 6.07) is 32.0. The lowest BCUT2D eigenvalue weighted by Crippen LogP contribution is -2.25. The van der Waals surface area contributed by atoms with Gasteiger partial charge in [0.15, 0.2) is 0 Å². The first-order chi connectivity index (χ1) is 21.6. The van der Waals surface area contributed by atoms with Crippen molar-refractivity contribution < 1.29 is 18.0 Å². The number of nitrogens with zero attached hydrogens (tertiary/aromatic N) is 1. The van der Waals surface area contributed by atoms with Gasteiger partial charge >= 0.3 is 6.18 Å². The van der Waals surface area contributed by atoms with Gasteiger partial charge in [-0.25, -0.2) is 0 Å². The lowest BCUT2D eigenvalue weighted by molar-refractivity contribution is -0.0877. The summed E-state index contributed by atoms with van der Waals surface area (Å²) in [6.07, 6.45) is 1.83.